The van der Waals surface area contributed by atoms with Gasteiger partial charge >= 0.3 is 0 Å². The second-order valence-electron chi connectivity index (χ2n) is 6.00. The van der Waals surface area contributed by atoms with Gasteiger partial charge in [0.05, 0.1) is 6.61 Å². The van der Waals surface area contributed by atoms with E-state index >= 15 is 0 Å². The van der Waals surface area contributed by atoms with E-state index in [0.717, 1.165) is 17.5 Å². The molecule has 0 aliphatic heterocycles. The van der Waals surface area contributed by atoms with E-state index in [-0.39, 0.29) is 0 Å². The molecule has 0 aliphatic rings. The Balaban J connectivity index is 2.11. The van der Waals surface area contributed by atoms with Gasteiger partial charge in [0.1, 0.15) is 5.75 Å². The van der Waals surface area contributed by atoms with Crippen LogP contribution in [0.15, 0.2) is 84.9 Å². The number of alkyl halides is 1. The van der Waals surface area contributed by atoms with Gasteiger partial charge in [-0.3, -0.25) is 0 Å². The first-order valence-electron chi connectivity index (χ1n) is 8.96. The van der Waals surface area contributed by atoms with Gasteiger partial charge < -0.3 is 4.74 Å². The van der Waals surface area contributed by atoms with Crippen molar-refractivity contribution in [3.05, 3.63) is 102 Å². The molecule has 0 fully saturated rings. The molecule has 0 atom stereocenters. The van der Waals surface area contributed by atoms with Gasteiger partial charge in [-0.2, -0.15) is 0 Å². The third-order valence-corrected chi connectivity index (χ3v) is 4.65. The first-order valence-corrected chi connectivity index (χ1v) is 10.1. The summed E-state index contributed by atoms with van der Waals surface area (Å²) in [4.78, 5) is 0. The number of ether oxygens (including phenoxy) is 1. The van der Waals surface area contributed by atoms with Crippen molar-refractivity contribution in [2.75, 3.05) is 11.9 Å². The number of allylic oxidation sites excluding steroid dienone is 1. The lowest BCUT2D eigenvalue weighted by Crippen LogP contribution is -1.98. The zero-order valence-corrected chi connectivity index (χ0v) is 16.6. The minimum Gasteiger partial charge on any atom is -0.493 e. The van der Waals surface area contributed by atoms with Crippen molar-refractivity contribution in [1.82, 2.24) is 0 Å². The van der Waals surface area contributed by atoms with Crippen LogP contribution in [0.3, 0.4) is 0 Å². The topological polar surface area (TPSA) is 9.23 Å². The van der Waals surface area contributed by atoms with Crippen LogP contribution >= 0.6 is 15.9 Å². The fraction of sp³-hybridized carbons (Fsp3) is 0.167. The summed E-state index contributed by atoms with van der Waals surface area (Å²) in [6.07, 6.45) is 0.968. The monoisotopic (exact) mass is 406 g/mol. The molecule has 3 aromatic carbocycles. The predicted octanol–water partition coefficient (Wildman–Crippen LogP) is 6.83. The third kappa shape index (κ3) is 4.44. The van der Waals surface area contributed by atoms with E-state index in [1.165, 1.54) is 27.8 Å². The van der Waals surface area contributed by atoms with Gasteiger partial charge in [-0.15, -0.1) is 0 Å². The van der Waals surface area contributed by atoms with Gasteiger partial charge in [-0.1, -0.05) is 95.7 Å². The Morgan fingerprint density at radius 3 is 1.81 bits per heavy atom. The lowest BCUT2D eigenvalue weighted by atomic mass is 9.88. The Kier molecular flexibility index (Phi) is 6.68. The summed E-state index contributed by atoms with van der Waals surface area (Å²) < 4.78 is 5.70. The second-order valence-corrected chi connectivity index (χ2v) is 6.79. The maximum atomic E-state index is 5.70. The molecular weight excluding hydrogens is 384 g/mol. The summed E-state index contributed by atoms with van der Waals surface area (Å²) in [6, 6.07) is 29.7. The third-order valence-electron chi connectivity index (χ3n) is 4.33. The molecule has 0 aliphatic carbocycles. The SMILES string of the molecule is CC/C(=C(\c1ccccc1)c1ccc(OCCBr)cc1)c1ccccc1. The molecule has 0 bridgehead atoms. The van der Waals surface area contributed by atoms with E-state index in [1.54, 1.807) is 0 Å². The van der Waals surface area contributed by atoms with E-state index in [0.29, 0.717) is 6.61 Å². The highest BCUT2D eigenvalue weighted by Gasteiger charge is 2.12. The highest BCUT2D eigenvalue weighted by atomic mass is 79.9. The Morgan fingerprint density at radius 1 is 0.731 bits per heavy atom. The lowest BCUT2D eigenvalue weighted by molar-refractivity contribution is 0.345. The smallest absolute Gasteiger partial charge is 0.119 e. The van der Waals surface area contributed by atoms with Crippen LogP contribution in [0.2, 0.25) is 0 Å². The summed E-state index contributed by atoms with van der Waals surface area (Å²) in [5.74, 6) is 0.901. The molecule has 0 unspecified atom stereocenters. The minimum atomic E-state index is 0.672. The summed E-state index contributed by atoms with van der Waals surface area (Å²) in [7, 11) is 0. The van der Waals surface area contributed by atoms with Crippen LogP contribution in [0.5, 0.6) is 5.75 Å². The largest absolute Gasteiger partial charge is 0.493 e. The van der Waals surface area contributed by atoms with Crippen LogP contribution in [-0.4, -0.2) is 11.9 Å². The molecule has 3 aromatic rings. The summed E-state index contributed by atoms with van der Waals surface area (Å²) >= 11 is 3.40. The standard InChI is InChI=1S/C24H23BrO/c1-2-23(19-9-5-3-6-10-19)24(20-11-7-4-8-12-20)21-13-15-22(16-14-21)26-18-17-25/h3-16H,2,17-18H2,1H3/b24-23-. The van der Waals surface area contributed by atoms with E-state index < -0.39 is 0 Å². The van der Waals surface area contributed by atoms with E-state index in [9.17, 15) is 0 Å². The quantitative estimate of drug-likeness (QED) is 0.308. The van der Waals surface area contributed by atoms with Gasteiger partial charge in [0, 0.05) is 5.33 Å². The molecular formula is C24H23BrO. The van der Waals surface area contributed by atoms with Crippen molar-refractivity contribution < 1.29 is 4.74 Å². The first kappa shape index (κ1) is 18.5. The van der Waals surface area contributed by atoms with Crippen molar-refractivity contribution in [3.63, 3.8) is 0 Å². The zero-order chi connectivity index (χ0) is 18.2. The maximum absolute atomic E-state index is 5.70. The van der Waals surface area contributed by atoms with Gasteiger partial charge in [0.2, 0.25) is 0 Å². The van der Waals surface area contributed by atoms with E-state index in [1.807, 2.05) is 0 Å². The molecule has 0 radical (unpaired) electrons. The van der Waals surface area contributed by atoms with Crippen LogP contribution in [0.1, 0.15) is 30.0 Å². The molecule has 0 aromatic heterocycles. The molecule has 26 heavy (non-hydrogen) atoms. The lowest BCUT2D eigenvalue weighted by Gasteiger charge is -2.16. The van der Waals surface area contributed by atoms with E-state index in [4.69, 9.17) is 4.74 Å². The average Bonchev–Trinajstić information content (AvgIpc) is 2.72. The second kappa shape index (κ2) is 9.40. The molecule has 0 heterocycles. The van der Waals surface area contributed by atoms with Crippen molar-refractivity contribution >= 4 is 27.1 Å². The molecule has 1 nitrogen and oxygen atoms in total. The fourth-order valence-electron chi connectivity index (χ4n) is 3.16. The molecule has 132 valence electrons. The number of halogens is 1. The van der Waals surface area contributed by atoms with Crippen LogP contribution in [0, 0.1) is 0 Å². The van der Waals surface area contributed by atoms with Crippen LogP contribution in [0.4, 0.5) is 0 Å². The van der Waals surface area contributed by atoms with Crippen molar-refractivity contribution in [2.24, 2.45) is 0 Å². The number of hydrogen-bond acceptors (Lipinski definition) is 1. The van der Waals surface area contributed by atoms with Crippen molar-refractivity contribution in [3.8, 4) is 5.75 Å². The Labute approximate surface area is 164 Å². The van der Waals surface area contributed by atoms with Gasteiger partial charge in [-0.25, -0.2) is 0 Å². The molecule has 2 heteroatoms. The highest BCUT2D eigenvalue weighted by molar-refractivity contribution is 9.09. The summed E-state index contributed by atoms with van der Waals surface area (Å²) in [6.45, 7) is 2.89. The van der Waals surface area contributed by atoms with Crippen LogP contribution < -0.4 is 4.74 Å². The fourth-order valence-corrected chi connectivity index (χ4v) is 3.32. The first-order chi connectivity index (χ1) is 12.8. The Bertz CT molecular complexity index is 836. The summed E-state index contributed by atoms with van der Waals surface area (Å²) in [5.41, 5.74) is 6.36. The normalized spacial score (nSPS) is 11.8. The molecule has 0 amide bonds. The average molecular weight is 407 g/mol. The molecule has 0 saturated carbocycles. The van der Waals surface area contributed by atoms with Gasteiger partial charge in [0.15, 0.2) is 0 Å². The van der Waals surface area contributed by atoms with Gasteiger partial charge in [-0.05, 0) is 46.4 Å². The number of benzene rings is 3. The van der Waals surface area contributed by atoms with Crippen LogP contribution in [0.25, 0.3) is 11.1 Å². The Morgan fingerprint density at radius 2 is 1.27 bits per heavy atom. The molecule has 0 spiro atoms. The zero-order valence-electron chi connectivity index (χ0n) is 15.0. The molecule has 3 rings (SSSR count). The highest BCUT2D eigenvalue weighted by Crippen LogP contribution is 2.34. The number of rotatable bonds is 7. The summed E-state index contributed by atoms with van der Waals surface area (Å²) in [5, 5.41) is 0.831. The van der Waals surface area contributed by atoms with Gasteiger partial charge in [0.25, 0.3) is 0 Å². The number of hydrogen-bond donors (Lipinski definition) is 0. The predicted molar refractivity (Wildman–Crippen MR) is 115 cm³/mol. The minimum absolute atomic E-state index is 0.672. The molecule has 0 saturated heterocycles. The van der Waals surface area contributed by atoms with Crippen LogP contribution in [-0.2, 0) is 0 Å². The Hall–Kier alpha value is -2.32. The molecule has 0 N–H and O–H groups in total. The van der Waals surface area contributed by atoms with E-state index in [2.05, 4.69) is 108 Å². The van der Waals surface area contributed by atoms with Crippen molar-refractivity contribution in [1.29, 1.82) is 0 Å². The maximum Gasteiger partial charge on any atom is 0.119 e. The van der Waals surface area contributed by atoms with Crippen molar-refractivity contribution in [2.45, 2.75) is 13.3 Å².